The van der Waals surface area contributed by atoms with Crippen LogP contribution in [0.4, 0.5) is 10.5 Å². The first kappa shape index (κ1) is 21.8. The van der Waals surface area contributed by atoms with Gasteiger partial charge in [0.1, 0.15) is 11.8 Å². The van der Waals surface area contributed by atoms with Crippen molar-refractivity contribution in [2.45, 2.75) is 32.3 Å². The SMILES string of the molecule is CC(OC(=O)NCCCCCO)c1ccc(NC(=O)c2ccccn2)c(Br)c1. The molecule has 0 bridgehead atoms. The van der Waals surface area contributed by atoms with Gasteiger partial charge in [0.15, 0.2) is 0 Å². The van der Waals surface area contributed by atoms with Gasteiger partial charge in [0.2, 0.25) is 0 Å². The predicted molar refractivity (Wildman–Crippen MR) is 110 cm³/mol. The van der Waals surface area contributed by atoms with Gasteiger partial charge in [-0.2, -0.15) is 0 Å². The third-order valence-electron chi connectivity index (χ3n) is 4.00. The fourth-order valence-corrected chi connectivity index (χ4v) is 2.94. The molecule has 1 atom stereocenters. The van der Waals surface area contributed by atoms with Crippen molar-refractivity contribution in [2.75, 3.05) is 18.5 Å². The van der Waals surface area contributed by atoms with Crippen LogP contribution in [0.15, 0.2) is 47.1 Å². The highest BCUT2D eigenvalue weighted by molar-refractivity contribution is 9.10. The van der Waals surface area contributed by atoms with Crippen LogP contribution in [0.1, 0.15) is 48.3 Å². The van der Waals surface area contributed by atoms with Gasteiger partial charge in [-0.15, -0.1) is 0 Å². The van der Waals surface area contributed by atoms with E-state index in [1.54, 1.807) is 49.5 Å². The van der Waals surface area contributed by atoms with E-state index in [0.29, 0.717) is 22.4 Å². The van der Waals surface area contributed by atoms with Gasteiger partial charge in [0.05, 0.1) is 5.69 Å². The number of pyridine rings is 1. The van der Waals surface area contributed by atoms with E-state index in [4.69, 9.17) is 9.84 Å². The van der Waals surface area contributed by atoms with E-state index in [1.807, 2.05) is 0 Å². The Balaban J connectivity index is 1.88. The number of rotatable bonds is 9. The molecule has 8 heteroatoms. The highest BCUT2D eigenvalue weighted by atomic mass is 79.9. The summed E-state index contributed by atoms with van der Waals surface area (Å²) in [6.45, 7) is 2.45. The van der Waals surface area contributed by atoms with Gasteiger partial charge >= 0.3 is 6.09 Å². The lowest BCUT2D eigenvalue weighted by Crippen LogP contribution is -2.26. The molecule has 2 rings (SSSR count). The van der Waals surface area contributed by atoms with Crippen molar-refractivity contribution < 1.29 is 19.4 Å². The number of carbonyl (C=O) groups excluding carboxylic acids is 2. The summed E-state index contributed by atoms with van der Waals surface area (Å²) >= 11 is 3.44. The topological polar surface area (TPSA) is 101 Å². The van der Waals surface area contributed by atoms with Crippen molar-refractivity contribution in [3.8, 4) is 0 Å². The third kappa shape index (κ3) is 6.94. The molecule has 28 heavy (non-hydrogen) atoms. The van der Waals surface area contributed by atoms with Gasteiger partial charge in [-0.1, -0.05) is 12.1 Å². The normalized spacial score (nSPS) is 11.5. The van der Waals surface area contributed by atoms with E-state index in [1.165, 1.54) is 0 Å². The number of ether oxygens (including phenoxy) is 1. The fraction of sp³-hybridized carbons (Fsp3) is 0.350. The molecule has 1 heterocycles. The summed E-state index contributed by atoms with van der Waals surface area (Å²) < 4.78 is 6.05. The Morgan fingerprint density at radius 1 is 1.21 bits per heavy atom. The Bertz CT molecular complexity index is 786. The lowest BCUT2D eigenvalue weighted by atomic mass is 10.1. The Hall–Kier alpha value is -2.45. The quantitative estimate of drug-likeness (QED) is 0.501. The van der Waals surface area contributed by atoms with Gasteiger partial charge in [-0.25, -0.2) is 4.79 Å². The molecule has 150 valence electrons. The number of carbonyl (C=O) groups is 2. The Kier molecular flexibility index (Phi) is 8.90. The second-order valence-corrected chi connectivity index (χ2v) is 7.02. The van der Waals surface area contributed by atoms with Crippen LogP contribution < -0.4 is 10.6 Å². The van der Waals surface area contributed by atoms with E-state index in [-0.39, 0.29) is 12.5 Å². The van der Waals surface area contributed by atoms with Crippen molar-refractivity contribution in [2.24, 2.45) is 0 Å². The molecule has 1 aromatic carbocycles. The zero-order valence-corrected chi connectivity index (χ0v) is 17.2. The standard InChI is InChI=1S/C20H24BrN3O4/c1-14(28-20(27)23-11-4-2-6-12-25)15-8-9-17(16(21)13-15)24-19(26)18-7-3-5-10-22-18/h3,5,7-10,13-14,25H,2,4,6,11-12H2,1H3,(H,23,27)(H,24,26). The number of benzene rings is 1. The Labute approximate surface area is 172 Å². The molecule has 0 aliphatic rings. The maximum atomic E-state index is 12.2. The van der Waals surface area contributed by atoms with Crippen LogP contribution in [0.5, 0.6) is 0 Å². The summed E-state index contributed by atoms with van der Waals surface area (Å²) in [5.74, 6) is -0.307. The molecule has 0 aliphatic carbocycles. The molecule has 0 radical (unpaired) electrons. The number of hydrogen-bond donors (Lipinski definition) is 3. The summed E-state index contributed by atoms with van der Waals surface area (Å²) in [5.41, 5.74) is 1.71. The molecule has 1 aromatic heterocycles. The lowest BCUT2D eigenvalue weighted by Gasteiger charge is -2.16. The number of nitrogens with zero attached hydrogens (tertiary/aromatic N) is 1. The first-order chi connectivity index (χ1) is 13.5. The molecular formula is C20H24BrN3O4. The van der Waals surface area contributed by atoms with Crippen LogP contribution in [0, 0.1) is 0 Å². The number of amides is 2. The average molecular weight is 450 g/mol. The van der Waals surface area contributed by atoms with Gasteiger partial charge < -0.3 is 20.5 Å². The number of halogens is 1. The van der Waals surface area contributed by atoms with E-state index >= 15 is 0 Å². The number of alkyl carbamates (subject to hydrolysis) is 1. The summed E-state index contributed by atoms with van der Waals surface area (Å²) in [5, 5.41) is 14.2. The monoisotopic (exact) mass is 449 g/mol. The third-order valence-corrected chi connectivity index (χ3v) is 4.65. The molecule has 2 aromatic rings. The van der Waals surface area contributed by atoms with E-state index in [9.17, 15) is 9.59 Å². The summed E-state index contributed by atoms with van der Waals surface area (Å²) in [6.07, 6.45) is 2.99. The highest BCUT2D eigenvalue weighted by Gasteiger charge is 2.14. The van der Waals surface area contributed by atoms with E-state index in [0.717, 1.165) is 24.8 Å². The summed E-state index contributed by atoms with van der Waals surface area (Å²) in [4.78, 5) is 28.1. The largest absolute Gasteiger partial charge is 0.442 e. The lowest BCUT2D eigenvalue weighted by molar-refractivity contribution is 0.102. The number of unbranched alkanes of at least 4 members (excludes halogenated alkanes) is 2. The molecule has 2 amide bonds. The second kappa shape index (κ2) is 11.4. The number of hydrogen-bond acceptors (Lipinski definition) is 5. The number of aliphatic hydroxyl groups is 1. The molecule has 0 spiro atoms. The van der Waals surface area contributed by atoms with Crippen molar-refractivity contribution in [1.82, 2.24) is 10.3 Å². The molecule has 0 fully saturated rings. The molecular weight excluding hydrogens is 426 g/mol. The molecule has 7 nitrogen and oxygen atoms in total. The highest BCUT2D eigenvalue weighted by Crippen LogP contribution is 2.28. The molecule has 0 saturated heterocycles. The Morgan fingerprint density at radius 2 is 2.04 bits per heavy atom. The zero-order valence-electron chi connectivity index (χ0n) is 15.7. The number of nitrogens with one attached hydrogen (secondary N) is 2. The smallest absolute Gasteiger partial charge is 0.407 e. The fourth-order valence-electron chi connectivity index (χ4n) is 2.44. The summed E-state index contributed by atoms with van der Waals surface area (Å²) in [6, 6.07) is 10.5. The van der Waals surface area contributed by atoms with Crippen molar-refractivity contribution in [1.29, 1.82) is 0 Å². The first-order valence-corrected chi connectivity index (χ1v) is 9.87. The van der Waals surface area contributed by atoms with E-state index in [2.05, 4.69) is 31.5 Å². The van der Waals surface area contributed by atoms with Crippen molar-refractivity contribution >= 4 is 33.6 Å². The van der Waals surface area contributed by atoms with Gasteiger partial charge in [-0.05, 0) is 71.9 Å². The minimum absolute atomic E-state index is 0.161. The second-order valence-electron chi connectivity index (χ2n) is 6.17. The van der Waals surface area contributed by atoms with Crippen LogP contribution in [-0.2, 0) is 4.74 Å². The predicted octanol–water partition coefficient (Wildman–Crippen LogP) is 4.05. The molecule has 0 aliphatic heterocycles. The molecule has 3 N–H and O–H groups in total. The maximum Gasteiger partial charge on any atom is 0.407 e. The number of anilines is 1. The van der Waals surface area contributed by atoms with Gasteiger partial charge in [-0.3, -0.25) is 9.78 Å². The minimum atomic E-state index is -0.486. The van der Waals surface area contributed by atoms with Crippen LogP contribution in [-0.4, -0.2) is 35.2 Å². The van der Waals surface area contributed by atoms with Gasteiger partial charge in [0.25, 0.3) is 5.91 Å². The van der Waals surface area contributed by atoms with Crippen LogP contribution >= 0.6 is 15.9 Å². The van der Waals surface area contributed by atoms with Crippen molar-refractivity contribution in [3.63, 3.8) is 0 Å². The Morgan fingerprint density at radius 3 is 2.71 bits per heavy atom. The minimum Gasteiger partial charge on any atom is -0.442 e. The average Bonchev–Trinajstić information content (AvgIpc) is 2.69. The maximum absolute atomic E-state index is 12.2. The van der Waals surface area contributed by atoms with Gasteiger partial charge in [0, 0.05) is 23.8 Å². The molecule has 1 unspecified atom stereocenters. The van der Waals surface area contributed by atoms with Crippen LogP contribution in [0.2, 0.25) is 0 Å². The van der Waals surface area contributed by atoms with Crippen LogP contribution in [0.3, 0.4) is 0 Å². The van der Waals surface area contributed by atoms with E-state index < -0.39 is 12.2 Å². The number of aromatic nitrogens is 1. The van der Waals surface area contributed by atoms with Crippen LogP contribution in [0.25, 0.3) is 0 Å². The molecule has 0 saturated carbocycles. The van der Waals surface area contributed by atoms with Crippen molar-refractivity contribution in [3.05, 3.63) is 58.3 Å². The number of aliphatic hydroxyl groups excluding tert-OH is 1. The zero-order chi connectivity index (χ0) is 20.4. The summed E-state index contributed by atoms with van der Waals surface area (Å²) in [7, 11) is 0. The first-order valence-electron chi connectivity index (χ1n) is 9.08.